The lowest BCUT2D eigenvalue weighted by molar-refractivity contribution is -0.133. The second kappa shape index (κ2) is 5.03. The first-order valence-corrected chi connectivity index (χ1v) is 6.82. The topological polar surface area (TPSA) is 78.1 Å². The van der Waals surface area contributed by atoms with Gasteiger partial charge in [0.25, 0.3) is 5.91 Å². The van der Waals surface area contributed by atoms with Crippen LogP contribution in [0.3, 0.4) is 0 Å². The number of amides is 2. The predicted molar refractivity (Wildman–Crippen MR) is 68.4 cm³/mol. The second-order valence-corrected chi connectivity index (χ2v) is 5.31. The van der Waals surface area contributed by atoms with Gasteiger partial charge in [0.05, 0.1) is 12.5 Å². The van der Waals surface area contributed by atoms with E-state index in [2.05, 4.69) is 15.3 Å². The van der Waals surface area contributed by atoms with E-state index in [1.807, 2.05) is 4.90 Å². The molecule has 2 amide bonds. The molecule has 102 valence electrons. The number of hydrogen-bond acceptors (Lipinski definition) is 3. The van der Waals surface area contributed by atoms with Crippen molar-refractivity contribution in [3.8, 4) is 0 Å². The van der Waals surface area contributed by atoms with Crippen LogP contribution < -0.4 is 5.32 Å². The zero-order valence-corrected chi connectivity index (χ0v) is 10.8. The van der Waals surface area contributed by atoms with E-state index in [1.165, 1.54) is 12.5 Å². The molecule has 2 fully saturated rings. The van der Waals surface area contributed by atoms with E-state index in [4.69, 9.17) is 0 Å². The van der Waals surface area contributed by atoms with Crippen molar-refractivity contribution in [2.45, 2.75) is 31.7 Å². The zero-order chi connectivity index (χ0) is 13.2. The Hall–Kier alpha value is -1.85. The van der Waals surface area contributed by atoms with Crippen LogP contribution in [0.2, 0.25) is 0 Å². The van der Waals surface area contributed by atoms with E-state index in [9.17, 15) is 9.59 Å². The number of H-pyrrole nitrogens is 1. The fraction of sp³-hybridized carbons (Fsp3) is 0.615. The zero-order valence-electron chi connectivity index (χ0n) is 10.8. The lowest BCUT2D eigenvalue weighted by atomic mass is 10.0. The minimum Gasteiger partial charge on any atom is -0.348 e. The highest BCUT2D eigenvalue weighted by Crippen LogP contribution is 2.31. The normalized spacial score (nSPS) is 20.3. The summed E-state index contributed by atoms with van der Waals surface area (Å²) in [6, 6.07) is 0.152. The minimum atomic E-state index is -0.121. The molecule has 0 radical (unpaired) electrons. The third-order valence-corrected chi connectivity index (χ3v) is 3.81. The summed E-state index contributed by atoms with van der Waals surface area (Å²) in [5.74, 6) is 0.471. The largest absolute Gasteiger partial charge is 0.348 e. The van der Waals surface area contributed by atoms with Gasteiger partial charge >= 0.3 is 0 Å². The number of carbonyl (C=O) groups excluding carboxylic acids is 2. The minimum absolute atomic E-state index is 0.121. The van der Waals surface area contributed by atoms with Crippen molar-refractivity contribution in [2.75, 3.05) is 13.1 Å². The van der Waals surface area contributed by atoms with Crippen molar-refractivity contribution in [1.82, 2.24) is 20.2 Å². The SMILES string of the molecule is O=C(NC1CCN(C(=O)C2CC2)CC1)c1cnc[nH]1. The number of aromatic nitrogens is 2. The number of likely N-dealkylation sites (tertiary alicyclic amines) is 1. The Morgan fingerprint density at radius 2 is 2.00 bits per heavy atom. The van der Waals surface area contributed by atoms with Gasteiger partial charge in [-0.25, -0.2) is 4.98 Å². The Morgan fingerprint density at radius 3 is 2.58 bits per heavy atom. The van der Waals surface area contributed by atoms with E-state index < -0.39 is 0 Å². The number of carbonyl (C=O) groups is 2. The van der Waals surface area contributed by atoms with Gasteiger partial charge in [0.1, 0.15) is 5.69 Å². The molecule has 2 aliphatic rings. The number of rotatable bonds is 3. The molecule has 1 aromatic rings. The number of hydrogen-bond donors (Lipinski definition) is 2. The van der Waals surface area contributed by atoms with Crippen LogP contribution in [0.25, 0.3) is 0 Å². The van der Waals surface area contributed by atoms with Gasteiger partial charge in [-0.15, -0.1) is 0 Å². The molecule has 1 aliphatic heterocycles. The Kier molecular flexibility index (Phi) is 3.23. The Labute approximate surface area is 111 Å². The van der Waals surface area contributed by atoms with Crippen molar-refractivity contribution in [3.63, 3.8) is 0 Å². The van der Waals surface area contributed by atoms with E-state index >= 15 is 0 Å². The van der Waals surface area contributed by atoms with Crippen LogP contribution in [0, 0.1) is 5.92 Å². The Morgan fingerprint density at radius 1 is 1.26 bits per heavy atom. The van der Waals surface area contributed by atoms with E-state index in [0.29, 0.717) is 11.6 Å². The monoisotopic (exact) mass is 262 g/mol. The molecule has 6 nitrogen and oxygen atoms in total. The summed E-state index contributed by atoms with van der Waals surface area (Å²) in [4.78, 5) is 32.3. The third-order valence-electron chi connectivity index (χ3n) is 3.81. The highest BCUT2D eigenvalue weighted by atomic mass is 16.2. The van der Waals surface area contributed by atoms with Gasteiger partial charge in [-0.05, 0) is 25.7 Å². The van der Waals surface area contributed by atoms with Gasteiger partial charge in [0.15, 0.2) is 0 Å². The van der Waals surface area contributed by atoms with Crippen molar-refractivity contribution < 1.29 is 9.59 Å². The first-order valence-electron chi connectivity index (χ1n) is 6.82. The molecule has 0 aromatic carbocycles. The first kappa shape index (κ1) is 12.2. The number of nitrogens with zero attached hydrogens (tertiary/aromatic N) is 2. The molecule has 0 bridgehead atoms. The highest BCUT2D eigenvalue weighted by Gasteiger charge is 2.35. The van der Waals surface area contributed by atoms with Crippen LogP contribution in [0.1, 0.15) is 36.2 Å². The summed E-state index contributed by atoms with van der Waals surface area (Å²) < 4.78 is 0. The third kappa shape index (κ3) is 2.77. The average molecular weight is 262 g/mol. The van der Waals surface area contributed by atoms with Crippen LogP contribution in [0.15, 0.2) is 12.5 Å². The smallest absolute Gasteiger partial charge is 0.269 e. The number of imidazole rings is 1. The predicted octanol–water partition coefficient (Wildman–Crippen LogP) is 0.540. The van der Waals surface area contributed by atoms with Crippen molar-refractivity contribution >= 4 is 11.8 Å². The molecule has 1 aliphatic carbocycles. The fourth-order valence-electron chi connectivity index (χ4n) is 2.48. The van der Waals surface area contributed by atoms with Crippen LogP contribution in [0.4, 0.5) is 0 Å². The highest BCUT2D eigenvalue weighted by molar-refractivity contribution is 5.92. The van der Waals surface area contributed by atoms with Gasteiger partial charge in [0, 0.05) is 25.0 Å². The molecule has 1 saturated heterocycles. The summed E-state index contributed by atoms with van der Waals surface area (Å²) in [7, 11) is 0. The second-order valence-electron chi connectivity index (χ2n) is 5.31. The van der Waals surface area contributed by atoms with Gasteiger partial charge in [-0.2, -0.15) is 0 Å². The molecule has 19 heavy (non-hydrogen) atoms. The van der Waals surface area contributed by atoms with Gasteiger partial charge in [0.2, 0.25) is 5.91 Å². The molecule has 3 rings (SSSR count). The van der Waals surface area contributed by atoms with E-state index in [-0.39, 0.29) is 17.9 Å². The molecular weight excluding hydrogens is 244 g/mol. The van der Waals surface area contributed by atoms with Crippen LogP contribution >= 0.6 is 0 Å². The fourth-order valence-corrected chi connectivity index (χ4v) is 2.48. The summed E-state index contributed by atoms with van der Waals surface area (Å²) in [5.41, 5.74) is 0.483. The lowest BCUT2D eigenvalue weighted by Gasteiger charge is -2.32. The van der Waals surface area contributed by atoms with E-state index in [1.54, 1.807) is 0 Å². The van der Waals surface area contributed by atoms with Crippen molar-refractivity contribution in [3.05, 3.63) is 18.2 Å². The van der Waals surface area contributed by atoms with Crippen molar-refractivity contribution in [2.24, 2.45) is 5.92 Å². The number of piperidine rings is 1. The summed E-state index contributed by atoms with van der Waals surface area (Å²) >= 11 is 0. The molecule has 1 saturated carbocycles. The van der Waals surface area contributed by atoms with Crippen molar-refractivity contribution in [1.29, 1.82) is 0 Å². The summed E-state index contributed by atoms with van der Waals surface area (Å²) in [6.07, 6.45) is 6.77. The summed E-state index contributed by atoms with van der Waals surface area (Å²) in [5, 5.41) is 2.98. The molecule has 0 atom stereocenters. The molecule has 0 spiro atoms. The maximum Gasteiger partial charge on any atom is 0.269 e. The van der Waals surface area contributed by atoms with Crippen LogP contribution in [-0.2, 0) is 4.79 Å². The van der Waals surface area contributed by atoms with Gasteiger partial charge in [-0.1, -0.05) is 0 Å². The molecule has 1 aromatic heterocycles. The average Bonchev–Trinajstić information content (AvgIpc) is 3.13. The molecule has 0 unspecified atom stereocenters. The standard InChI is InChI=1S/C13H18N4O2/c18-12(11-7-14-8-15-11)16-10-3-5-17(6-4-10)13(19)9-1-2-9/h7-10H,1-6H2,(H,14,15)(H,16,18). The number of aromatic amines is 1. The Bertz CT molecular complexity index is 459. The molecular formula is C13H18N4O2. The Balaban J connectivity index is 1.47. The van der Waals surface area contributed by atoms with Gasteiger partial charge < -0.3 is 15.2 Å². The maximum atomic E-state index is 11.9. The van der Waals surface area contributed by atoms with Crippen LogP contribution in [-0.4, -0.2) is 45.8 Å². The van der Waals surface area contributed by atoms with Crippen LogP contribution in [0.5, 0.6) is 0 Å². The molecule has 6 heteroatoms. The van der Waals surface area contributed by atoms with Gasteiger partial charge in [-0.3, -0.25) is 9.59 Å². The van der Waals surface area contributed by atoms with E-state index in [0.717, 1.165) is 38.8 Å². The molecule has 2 heterocycles. The molecule has 2 N–H and O–H groups in total. The quantitative estimate of drug-likeness (QED) is 0.834. The summed E-state index contributed by atoms with van der Waals surface area (Å²) in [6.45, 7) is 1.51. The first-order chi connectivity index (χ1) is 9.24. The maximum absolute atomic E-state index is 11.9. The lowest BCUT2D eigenvalue weighted by Crippen LogP contribution is -2.47. The number of nitrogens with one attached hydrogen (secondary N) is 2.